The molecular formula is C20H20N2OS2. The van der Waals surface area contributed by atoms with Gasteiger partial charge in [0, 0.05) is 10.3 Å². The zero-order chi connectivity index (χ0) is 17.8. The van der Waals surface area contributed by atoms with E-state index < -0.39 is 0 Å². The number of anilines is 2. The molecule has 1 amide bonds. The fraction of sp³-hybridized carbons (Fsp3) is 0.200. The van der Waals surface area contributed by atoms with Crippen LogP contribution in [0.15, 0.2) is 58.8 Å². The van der Waals surface area contributed by atoms with Gasteiger partial charge in [-0.1, -0.05) is 35.9 Å². The summed E-state index contributed by atoms with van der Waals surface area (Å²) in [6.07, 6.45) is 0. The molecule has 1 aromatic heterocycles. The maximum absolute atomic E-state index is 13.0. The Morgan fingerprint density at radius 2 is 1.88 bits per heavy atom. The number of thiazole rings is 1. The van der Waals surface area contributed by atoms with Gasteiger partial charge >= 0.3 is 0 Å². The molecule has 0 fully saturated rings. The first kappa shape index (κ1) is 17.7. The van der Waals surface area contributed by atoms with Crippen molar-refractivity contribution in [1.29, 1.82) is 0 Å². The number of carbonyl (C=O) groups excluding carboxylic acids is 1. The van der Waals surface area contributed by atoms with Crippen LogP contribution in [-0.2, 0) is 4.79 Å². The summed E-state index contributed by atoms with van der Waals surface area (Å²) >= 11 is 3.07. The van der Waals surface area contributed by atoms with Gasteiger partial charge in [-0.3, -0.25) is 9.69 Å². The summed E-state index contributed by atoms with van der Waals surface area (Å²) < 4.78 is 0. The largest absolute Gasteiger partial charge is 0.273 e. The minimum Gasteiger partial charge on any atom is -0.273 e. The molecule has 3 rings (SSSR count). The van der Waals surface area contributed by atoms with Crippen LogP contribution in [0.4, 0.5) is 10.8 Å². The van der Waals surface area contributed by atoms with Crippen LogP contribution in [-0.4, -0.2) is 16.6 Å². The van der Waals surface area contributed by atoms with Gasteiger partial charge in [0.2, 0.25) is 5.91 Å². The van der Waals surface area contributed by atoms with E-state index in [9.17, 15) is 4.79 Å². The molecule has 0 aliphatic rings. The molecular weight excluding hydrogens is 348 g/mol. The van der Waals surface area contributed by atoms with Crippen molar-refractivity contribution >= 4 is 39.8 Å². The van der Waals surface area contributed by atoms with Crippen LogP contribution in [0.5, 0.6) is 0 Å². The first-order chi connectivity index (χ1) is 12.0. The van der Waals surface area contributed by atoms with Gasteiger partial charge in [-0.15, -0.1) is 23.1 Å². The Kier molecular flexibility index (Phi) is 5.56. The molecule has 2 aromatic carbocycles. The van der Waals surface area contributed by atoms with Crippen LogP contribution in [0.25, 0.3) is 0 Å². The van der Waals surface area contributed by atoms with E-state index in [-0.39, 0.29) is 5.91 Å². The Bertz CT molecular complexity index is 874. The molecule has 0 aliphatic heterocycles. The average molecular weight is 369 g/mol. The summed E-state index contributed by atoms with van der Waals surface area (Å²) in [5.74, 6) is 0.407. The zero-order valence-corrected chi connectivity index (χ0v) is 16.2. The van der Waals surface area contributed by atoms with Crippen LogP contribution in [0.1, 0.15) is 16.8 Å². The van der Waals surface area contributed by atoms with Crippen molar-refractivity contribution in [3.05, 3.63) is 70.7 Å². The van der Waals surface area contributed by atoms with Crippen molar-refractivity contribution in [3.8, 4) is 0 Å². The molecule has 128 valence electrons. The van der Waals surface area contributed by atoms with Gasteiger partial charge in [0.15, 0.2) is 5.13 Å². The molecule has 0 unspecified atom stereocenters. The van der Waals surface area contributed by atoms with E-state index in [1.165, 1.54) is 22.5 Å². The van der Waals surface area contributed by atoms with E-state index in [0.717, 1.165) is 21.4 Å². The van der Waals surface area contributed by atoms with Gasteiger partial charge < -0.3 is 0 Å². The lowest BCUT2D eigenvalue weighted by molar-refractivity contribution is -0.115. The molecule has 0 radical (unpaired) electrons. The maximum Gasteiger partial charge on any atom is 0.243 e. The Hall–Kier alpha value is -2.11. The SMILES string of the molecule is Cc1ccc(C)c(SCC(=O)N(c2ccccc2)c2nc(C)cs2)c1. The van der Waals surface area contributed by atoms with Gasteiger partial charge in [-0.2, -0.15) is 0 Å². The normalized spacial score (nSPS) is 10.7. The number of carbonyl (C=O) groups is 1. The number of nitrogens with zero attached hydrogens (tertiary/aromatic N) is 2. The highest BCUT2D eigenvalue weighted by Gasteiger charge is 2.21. The first-order valence-electron chi connectivity index (χ1n) is 8.05. The molecule has 0 atom stereocenters. The van der Waals surface area contributed by atoms with Gasteiger partial charge in [0.25, 0.3) is 0 Å². The van der Waals surface area contributed by atoms with Crippen LogP contribution in [0.3, 0.4) is 0 Å². The second-order valence-corrected chi connectivity index (χ2v) is 7.75. The number of benzene rings is 2. The molecule has 0 saturated heterocycles. The van der Waals surface area contributed by atoms with Crippen molar-refractivity contribution in [3.63, 3.8) is 0 Å². The van der Waals surface area contributed by atoms with Crippen LogP contribution in [0, 0.1) is 20.8 Å². The van der Waals surface area contributed by atoms with E-state index in [1.807, 2.05) is 42.6 Å². The van der Waals surface area contributed by atoms with Crippen LogP contribution < -0.4 is 4.90 Å². The molecule has 0 bridgehead atoms. The van der Waals surface area contributed by atoms with Gasteiger partial charge in [0.05, 0.1) is 17.1 Å². The van der Waals surface area contributed by atoms with E-state index in [2.05, 4.69) is 37.0 Å². The quantitative estimate of drug-likeness (QED) is 0.556. The lowest BCUT2D eigenvalue weighted by Gasteiger charge is -2.20. The summed E-state index contributed by atoms with van der Waals surface area (Å²) in [5, 5.41) is 2.69. The van der Waals surface area contributed by atoms with Crippen molar-refractivity contribution in [2.75, 3.05) is 10.7 Å². The van der Waals surface area contributed by atoms with Gasteiger partial charge in [-0.25, -0.2) is 4.98 Å². The smallest absolute Gasteiger partial charge is 0.243 e. The standard InChI is InChI=1S/C20H20N2OS2/c1-14-9-10-15(2)18(11-14)24-13-19(23)22(17-7-5-4-6-8-17)20-21-16(3)12-25-20/h4-12H,13H2,1-3H3. The third-order valence-corrected chi connectivity index (χ3v) is 5.84. The van der Waals surface area contributed by atoms with Crippen LogP contribution >= 0.6 is 23.1 Å². The summed E-state index contributed by atoms with van der Waals surface area (Å²) in [7, 11) is 0. The number of amides is 1. The number of hydrogen-bond donors (Lipinski definition) is 0. The molecule has 25 heavy (non-hydrogen) atoms. The first-order valence-corrected chi connectivity index (χ1v) is 9.91. The van der Waals surface area contributed by atoms with E-state index in [1.54, 1.807) is 16.7 Å². The lowest BCUT2D eigenvalue weighted by Crippen LogP contribution is -2.27. The number of para-hydroxylation sites is 1. The zero-order valence-electron chi connectivity index (χ0n) is 14.5. The monoisotopic (exact) mass is 368 g/mol. The number of thioether (sulfide) groups is 1. The average Bonchev–Trinajstić information content (AvgIpc) is 3.03. The van der Waals surface area contributed by atoms with Crippen molar-refractivity contribution < 1.29 is 4.79 Å². The fourth-order valence-electron chi connectivity index (χ4n) is 2.45. The van der Waals surface area contributed by atoms with E-state index in [4.69, 9.17) is 0 Å². The van der Waals surface area contributed by atoms with E-state index in [0.29, 0.717) is 5.75 Å². The minimum atomic E-state index is 0.0338. The molecule has 0 aliphatic carbocycles. The summed E-state index contributed by atoms with van der Waals surface area (Å²) in [6, 6.07) is 16.0. The number of aromatic nitrogens is 1. The van der Waals surface area contributed by atoms with Crippen molar-refractivity contribution in [1.82, 2.24) is 4.98 Å². The molecule has 3 nitrogen and oxygen atoms in total. The van der Waals surface area contributed by atoms with Crippen molar-refractivity contribution in [2.45, 2.75) is 25.7 Å². The summed E-state index contributed by atoms with van der Waals surface area (Å²) in [4.78, 5) is 20.4. The third-order valence-electron chi connectivity index (χ3n) is 3.76. The molecule has 1 heterocycles. The van der Waals surface area contributed by atoms with Crippen molar-refractivity contribution in [2.24, 2.45) is 0 Å². The highest BCUT2D eigenvalue weighted by atomic mass is 32.2. The minimum absolute atomic E-state index is 0.0338. The van der Waals surface area contributed by atoms with E-state index >= 15 is 0 Å². The Morgan fingerprint density at radius 1 is 1.12 bits per heavy atom. The Balaban J connectivity index is 1.83. The fourth-order valence-corrected chi connectivity index (χ4v) is 4.26. The molecule has 0 spiro atoms. The lowest BCUT2D eigenvalue weighted by atomic mass is 10.2. The third kappa shape index (κ3) is 4.30. The number of hydrogen-bond acceptors (Lipinski definition) is 4. The predicted octanol–water partition coefficient (Wildman–Crippen LogP) is 5.53. The number of aryl methyl sites for hydroxylation is 3. The maximum atomic E-state index is 13.0. The second-order valence-electron chi connectivity index (χ2n) is 5.89. The van der Waals surface area contributed by atoms with Crippen LogP contribution in [0.2, 0.25) is 0 Å². The summed E-state index contributed by atoms with van der Waals surface area (Å²) in [5.41, 5.74) is 4.18. The Labute approximate surface area is 156 Å². The summed E-state index contributed by atoms with van der Waals surface area (Å²) in [6.45, 7) is 6.09. The van der Waals surface area contributed by atoms with Gasteiger partial charge in [0.1, 0.15) is 0 Å². The predicted molar refractivity (Wildman–Crippen MR) is 107 cm³/mol. The molecule has 3 aromatic rings. The van der Waals surface area contributed by atoms with Gasteiger partial charge in [-0.05, 0) is 44.5 Å². The highest BCUT2D eigenvalue weighted by Crippen LogP contribution is 2.31. The molecule has 5 heteroatoms. The molecule has 0 N–H and O–H groups in total. The Morgan fingerprint density at radius 3 is 2.56 bits per heavy atom. The second kappa shape index (κ2) is 7.85. The topological polar surface area (TPSA) is 33.2 Å². The number of rotatable bonds is 5. The molecule has 0 saturated carbocycles. The highest BCUT2D eigenvalue weighted by molar-refractivity contribution is 8.00.